The number of hydrogen-bond acceptors (Lipinski definition) is 4. The van der Waals surface area contributed by atoms with Crippen LogP contribution in [0.4, 0.5) is 24.8 Å². The van der Waals surface area contributed by atoms with Gasteiger partial charge in [0.15, 0.2) is 0 Å². The first kappa shape index (κ1) is 16.5. The molecule has 0 bridgehead atoms. The van der Waals surface area contributed by atoms with Gasteiger partial charge in [-0.1, -0.05) is 13.8 Å². The summed E-state index contributed by atoms with van der Waals surface area (Å²) >= 11 is 0. The van der Waals surface area contributed by atoms with E-state index >= 15 is 0 Å². The van der Waals surface area contributed by atoms with Gasteiger partial charge in [0.25, 0.3) is 0 Å². The minimum Gasteiger partial charge on any atom is -0.373 e. The highest BCUT2D eigenvalue weighted by molar-refractivity contribution is 5.50. The molecule has 7 heteroatoms. The summed E-state index contributed by atoms with van der Waals surface area (Å²) in [6.45, 7) is 6.20. The Morgan fingerprint density at radius 1 is 1.20 bits per heavy atom. The SMILES string of the molecule is CNc1cc(N(CC(F)(F)F)C(C)C)nc(C(C)C)n1. The first-order valence-corrected chi connectivity index (χ1v) is 6.54. The number of aromatic nitrogens is 2. The lowest BCUT2D eigenvalue weighted by Gasteiger charge is -2.29. The third-order valence-corrected chi connectivity index (χ3v) is 2.77. The summed E-state index contributed by atoms with van der Waals surface area (Å²) in [5.41, 5.74) is 0. The fourth-order valence-electron chi connectivity index (χ4n) is 1.71. The molecule has 0 amide bonds. The summed E-state index contributed by atoms with van der Waals surface area (Å²) in [5.74, 6) is 1.38. The average Bonchev–Trinajstić information content (AvgIpc) is 2.33. The second kappa shape index (κ2) is 6.28. The molecular formula is C13H21F3N4. The van der Waals surface area contributed by atoms with Crippen LogP contribution in [0.3, 0.4) is 0 Å². The summed E-state index contributed by atoms with van der Waals surface area (Å²) in [4.78, 5) is 9.75. The molecule has 0 aliphatic rings. The number of rotatable bonds is 5. The molecule has 0 unspecified atom stereocenters. The van der Waals surface area contributed by atoms with Crippen LogP contribution in [0.1, 0.15) is 39.4 Å². The van der Waals surface area contributed by atoms with Crippen molar-refractivity contribution in [2.45, 2.75) is 45.8 Å². The molecule has 0 saturated carbocycles. The fraction of sp³-hybridized carbons (Fsp3) is 0.692. The van der Waals surface area contributed by atoms with E-state index in [1.807, 2.05) is 13.8 Å². The first-order chi connectivity index (χ1) is 9.14. The molecule has 0 saturated heterocycles. The van der Waals surface area contributed by atoms with E-state index in [9.17, 15) is 13.2 Å². The number of hydrogen-bond donors (Lipinski definition) is 1. The minimum absolute atomic E-state index is 0.0435. The molecule has 1 heterocycles. The maximum Gasteiger partial charge on any atom is 0.405 e. The Bertz CT molecular complexity index is 444. The van der Waals surface area contributed by atoms with Crippen molar-refractivity contribution >= 4 is 11.6 Å². The van der Waals surface area contributed by atoms with Gasteiger partial charge in [-0.25, -0.2) is 9.97 Å². The lowest BCUT2D eigenvalue weighted by atomic mass is 10.2. The molecule has 1 rings (SSSR count). The summed E-state index contributed by atoms with van der Waals surface area (Å²) in [6, 6.07) is 1.23. The molecule has 1 N–H and O–H groups in total. The summed E-state index contributed by atoms with van der Waals surface area (Å²) in [5, 5.41) is 2.86. The van der Waals surface area contributed by atoms with Gasteiger partial charge in [0, 0.05) is 25.1 Å². The van der Waals surface area contributed by atoms with Crippen LogP contribution in [0.15, 0.2) is 6.07 Å². The molecule has 114 valence electrons. The van der Waals surface area contributed by atoms with Gasteiger partial charge in [0.1, 0.15) is 24.0 Å². The Morgan fingerprint density at radius 2 is 1.80 bits per heavy atom. The van der Waals surface area contributed by atoms with E-state index in [2.05, 4.69) is 15.3 Å². The van der Waals surface area contributed by atoms with Crippen LogP contribution in [0, 0.1) is 0 Å². The quantitative estimate of drug-likeness (QED) is 0.902. The van der Waals surface area contributed by atoms with Gasteiger partial charge in [-0.15, -0.1) is 0 Å². The summed E-state index contributed by atoms with van der Waals surface area (Å²) in [7, 11) is 1.68. The van der Waals surface area contributed by atoms with Gasteiger partial charge in [0.05, 0.1) is 0 Å². The maximum atomic E-state index is 12.7. The van der Waals surface area contributed by atoms with E-state index in [-0.39, 0.29) is 12.0 Å². The number of halogens is 3. The van der Waals surface area contributed by atoms with Crippen LogP contribution >= 0.6 is 0 Å². The topological polar surface area (TPSA) is 41.0 Å². The zero-order valence-electron chi connectivity index (χ0n) is 12.4. The molecule has 0 spiro atoms. The van der Waals surface area contributed by atoms with Crippen molar-refractivity contribution < 1.29 is 13.2 Å². The third kappa shape index (κ3) is 4.54. The number of nitrogens with one attached hydrogen (secondary N) is 1. The Labute approximate surface area is 117 Å². The van der Waals surface area contributed by atoms with E-state index in [1.54, 1.807) is 20.9 Å². The van der Waals surface area contributed by atoms with E-state index in [0.29, 0.717) is 17.5 Å². The lowest BCUT2D eigenvalue weighted by Crippen LogP contribution is -2.40. The van der Waals surface area contributed by atoms with E-state index in [1.165, 1.54) is 11.0 Å². The molecule has 0 aliphatic carbocycles. The van der Waals surface area contributed by atoms with Gasteiger partial charge in [-0.05, 0) is 13.8 Å². The summed E-state index contributed by atoms with van der Waals surface area (Å²) in [6.07, 6.45) is -4.27. The van der Waals surface area contributed by atoms with Crippen LogP contribution in [-0.4, -0.2) is 35.8 Å². The number of alkyl halides is 3. The Kier molecular flexibility index (Phi) is 5.19. The van der Waals surface area contributed by atoms with Crippen molar-refractivity contribution in [3.63, 3.8) is 0 Å². The molecule has 1 aromatic rings. The van der Waals surface area contributed by atoms with Crippen molar-refractivity contribution in [1.82, 2.24) is 9.97 Å². The Balaban J connectivity index is 3.22. The smallest absolute Gasteiger partial charge is 0.373 e. The molecule has 1 aromatic heterocycles. The van der Waals surface area contributed by atoms with Crippen molar-refractivity contribution in [2.75, 3.05) is 23.8 Å². The minimum atomic E-state index is -4.27. The van der Waals surface area contributed by atoms with Crippen LogP contribution in [0.5, 0.6) is 0 Å². The van der Waals surface area contributed by atoms with Crippen LogP contribution in [-0.2, 0) is 0 Å². The van der Waals surface area contributed by atoms with E-state index in [0.717, 1.165) is 0 Å². The molecule has 0 aromatic carbocycles. The third-order valence-electron chi connectivity index (χ3n) is 2.77. The molecule has 20 heavy (non-hydrogen) atoms. The predicted molar refractivity (Wildman–Crippen MR) is 74.2 cm³/mol. The van der Waals surface area contributed by atoms with Gasteiger partial charge in [-0.2, -0.15) is 13.2 Å². The molecular weight excluding hydrogens is 269 g/mol. The van der Waals surface area contributed by atoms with Crippen molar-refractivity contribution in [2.24, 2.45) is 0 Å². The lowest BCUT2D eigenvalue weighted by molar-refractivity contribution is -0.120. The normalized spacial score (nSPS) is 12.1. The second-order valence-corrected chi connectivity index (χ2v) is 5.21. The molecule has 0 fully saturated rings. The summed E-state index contributed by atoms with van der Waals surface area (Å²) < 4.78 is 38.1. The molecule has 0 aliphatic heterocycles. The predicted octanol–water partition coefficient (Wildman–Crippen LogP) is 3.42. The van der Waals surface area contributed by atoms with Gasteiger partial charge >= 0.3 is 6.18 Å². The van der Waals surface area contributed by atoms with Gasteiger partial charge < -0.3 is 10.2 Å². The highest BCUT2D eigenvalue weighted by Gasteiger charge is 2.33. The highest BCUT2D eigenvalue weighted by Crippen LogP contribution is 2.25. The van der Waals surface area contributed by atoms with Gasteiger partial charge in [-0.3, -0.25) is 0 Å². The van der Waals surface area contributed by atoms with Gasteiger partial charge in [0.2, 0.25) is 0 Å². The van der Waals surface area contributed by atoms with Crippen LogP contribution in [0.25, 0.3) is 0 Å². The van der Waals surface area contributed by atoms with Crippen molar-refractivity contribution in [3.8, 4) is 0 Å². The molecule has 4 nitrogen and oxygen atoms in total. The van der Waals surface area contributed by atoms with Crippen molar-refractivity contribution in [1.29, 1.82) is 0 Å². The highest BCUT2D eigenvalue weighted by atomic mass is 19.4. The molecule has 0 radical (unpaired) electrons. The Morgan fingerprint density at radius 3 is 2.20 bits per heavy atom. The average molecular weight is 290 g/mol. The molecule has 0 atom stereocenters. The van der Waals surface area contributed by atoms with Crippen LogP contribution < -0.4 is 10.2 Å². The second-order valence-electron chi connectivity index (χ2n) is 5.21. The number of anilines is 2. The largest absolute Gasteiger partial charge is 0.405 e. The van der Waals surface area contributed by atoms with Crippen molar-refractivity contribution in [3.05, 3.63) is 11.9 Å². The zero-order valence-corrected chi connectivity index (χ0v) is 12.4. The standard InChI is InChI=1S/C13H21F3N4/c1-8(2)12-18-10(17-5)6-11(19-12)20(9(3)4)7-13(14,15)16/h6,8-9H,7H2,1-5H3,(H,17,18,19). The van der Waals surface area contributed by atoms with E-state index in [4.69, 9.17) is 0 Å². The zero-order chi connectivity index (χ0) is 15.5. The van der Waals surface area contributed by atoms with E-state index < -0.39 is 12.7 Å². The maximum absolute atomic E-state index is 12.7. The fourth-order valence-corrected chi connectivity index (χ4v) is 1.71. The number of nitrogens with zero attached hydrogens (tertiary/aromatic N) is 3. The monoisotopic (exact) mass is 290 g/mol. The van der Waals surface area contributed by atoms with Crippen LogP contribution in [0.2, 0.25) is 0 Å². The first-order valence-electron chi connectivity index (χ1n) is 6.54. The Hall–Kier alpha value is -1.53.